The van der Waals surface area contributed by atoms with E-state index in [2.05, 4.69) is 9.62 Å². The number of halogens is 1. The van der Waals surface area contributed by atoms with E-state index in [1.54, 1.807) is 13.0 Å². The molecular formula is C14H22ClN3O2S. The zero-order valence-electron chi connectivity index (χ0n) is 12.2. The summed E-state index contributed by atoms with van der Waals surface area (Å²) in [7, 11) is -3.53. The van der Waals surface area contributed by atoms with E-state index in [4.69, 9.17) is 17.3 Å². The summed E-state index contributed by atoms with van der Waals surface area (Å²) in [6.45, 7) is 5.33. The lowest BCUT2D eigenvalue weighted by molar-refractivity contribution is 0.334. The van der Waals surface area contributed by atoms with E-state index in [0.29, 0.717) is 17.1 Å². The van der Waals surface area contributed by atoms with Gasteiger partial charge in [-0.1, -0.05) is 11.6 Å². The van der Waals surface area contributed by atoms with E-state index in [1.807, 2.05) is 0 Å². The third-order valence-electron chi connectivity index (χ3n) is 3.73. The number of nitrogens with one attached hydrogen (secondary N) is 1. The fraction of sp³-hybridized carbons (Fsp3) is 0.571. The summed E-state index contributed by atoms with van der Waals surface area (Å²) in [6.07, 6.45) is 3.30. The van der Waals surface area contributed by atoms with Crippen molar-refractivity contribution in [1.82, 2.24) is 9.62 Å². The highest BCUT2D eigenvalue weighted by molar-refractivity contribution is 7.89. The molecule has 1 saturated heterocycles. The molecule has 0 aliphatic carbocycles. The minimum absolute atomic E-state index is 0.200. The van der Waals surface area contributed by atoms with Crippen LogP contribution >= 0.6 is 11.6 Å². The van der Waals surface area contributed by atoms with Crippen LogP contribution in [0.25, 0.3) is 0 Å². The Morgan fingerprint density at radius 1 is 1.33 bits per heavy atom. The van der Waals surface area contributed by atoms with Crippen LogP contribution < -0.4 is 10.5 Å². The first-order valence-corrected chi connectivity index (χ1v) is 9.04. The number of hydrogen-bond acceptors (Lipinski definition) is 4. The van der Waals surface area contributed by atoms with Gasteiger partial charge in [0.25, 0.3) is 0 Å². The molecule has 3 N–H and O–H groups in total. The zero-order chi connectivity index (χ0) is 15.5. The summed E-state index contributed by atoms with van der Waals surface area (Å²) in [4.78, 5) is 2.56. The van der Waals surface area contributed by atoms with Gasteiger partial charge in [0.2, 0.25) is 10.0 Å². The van der Waals surface area contributed by atoms with Crippen molar-refractivity contribution < 1.29 is 8.42 Å². The first-order valence-electron chi connectivity index (χ1n) is 7.18. The molecule has 1 aliphatic rings. The number of benzene rings is 1. The van der Waals surface area contributed by atoms with Gasteiger partial charge in [-0.15, -0.1) is 0 Å². The molecule has 5 nitrogen and oxygen atoms in total. The van der Waals surface area contributed by atoms with E-state index in [9.17, 15) is 8.42 Å². The number of hydrogen-bond donors (Lipinski definition) is 2. The number of aryl methyl sites for hydroxylation is 1. The van der Waals surface area contributed by atoms with Gasteiger partial charge in [0.1, 0.15) is 0 Å². The zero-order valence-corrected chi connectivity index (χ0v) is 13.8. The van der Waals surface area contributed by atoms with Crippen molar-refractivity contribution in [2.45, 2.75) is 31.1 Å². The molecule has 0 atom stereocenters. The van der Waals surface area contributed by atoms with Crippen molar-refractivity contribution in [3.8, 4) is 0 Å². The van der Waals surface area contributed by atoms with Crippen LogP contribution in [0.3, 0.4) is 0 Å². The van der Waals surface area contributed by atoms with Gasteiger partial charge in [0, 0.05) is 6.54 Å². The fourth-order valence-electron chi connectivity index (χ4n) is 2.55. The Morgan fingerprint density at radius 2 is 2.00 bits per heavy atom. The monoisotopic (exact) mass is 331 g/mol. The number of nitrogens with zero attached hydrogens (tertiary/aromatic N) is 1. The van der Waals surface area contributed by atoms with Crippen LogP contribution in [0.4, 0.5) is 5.69 Å². The molecule has 1 aliphatic heterocycles. The van der Waals surface area contributed by atoms with Crippen molar-refractivity contribution >= 4 is 27.3 Å². The molecule has 0 radical (unpaired) electrons. The molecule has 1 aromatic rings. The van der Waals surface area contributed by atoms with Crippen molar-refractivity contribution in [3.63, 3.8) is 0 Å². The van der Waals surface area contributed by atoms with E-state index in [1.165, 1.54) is 18.9 Å². The van der Waals surface area contributed by atoms with E-state index in [-0.39, 0.29) is 10.6 Å². The summed E-state index contributed by atoms with van der Waals surface area (Å²) in [5.74, 6) is 0. The van der Waals surface area contributed by atoms with Gasteiger partial charge in [0.05, 0.1) is 15.6 Å². The Kier molecular flexibility index (Phi) is 5.48. The molecule has 7 heteroatoms. The van der Waals surface area contributed by atoms with E-state index in [0.717, 1.165) is 26.1 Å². The number of nitrogen functional groups attached to an aromatic ring is 1. The van der Waals surface area contributed by atoms with Gasteiger partial charge in [-0.05, 0) is 63.5 Å². The summed E-state index contributed by atoms with van der Waals surface area (Å²) in [5.41, 5.74) is 6.57. The van der Waals surface area contributed by atoms with Crippen molar-refractivity contribution in [3.05, 3.63) is 22.7 Å². The van der Waals surface area contributed by atoms with Gasteiger partial charge in [-0.3, -0.25) is 0 Å². The van der Waals surface area contributed by atoms with Crippen LogP contribution in [0.2, 0.25) is 5.02 Å². The van der Waals surface area contributed by atoms with Gasteiger partial charge < -0.3 is 10.6 Å². The topological polar surface area (TPSA) is 75.4 Å². The second-order valence-electron chi connectivity index (χ2n) is 5.44. The lowest BCUT2D eigenvalue weighted by atomic mass is 10.2. The van der Waals surface area contributed by atoms with Crippen LogP contribution in [-0.2, 0) is 10.0 Å². The predicted molar refractivity (Wildman–Crippen MR) is 86.1 cm³/mol. The molecule has 0 unspecified atom stereocenters. The highest BCUT2D eigenvalue weighted by atomic mass is 35.5. The van der Waals surface area contributed by atoms with Crippen molar-refractivity contribution in [2.24, 2.45) is 0 Å². The van der Waals surface area contributed by atoms with Crippen molar-refractivity contribution in [2.75, 3.05) is 31.9 Å². The maximum atomic E-state index is 12.3. The molecule has 0 aromatic heterocycles. The Hall–Kier alpha value is -0.820. The number of sulfonamides is 1. The third-order valence-corrected chi connectivity index (χ3v) is 5.66. The molecule has 1 fully saturated rings. The Bertz CT molecular complexity index is 598. The first kappa shape index (κ1) is 16.5. The smallest absolute Gasteiger partial charge is 0.240 e. The molecule has 1 heterocycles. The highest BCUT2D eigenvalue weighted by Gasteiger charge is 2.18. The molecular weight excluding hydrogens is 310 g/mol. The van der Waals surface area contributed by atoms with Gasteiger partial charge in [-0.25, -0.2) is 13.1 Å². The summed E-state index contributed by atoms with van der Waals surface area (Å²) < 4.78 is 27.2. The lowest BCUT2D eigenvalue weighted by Gasteiger charge is -2.15. The largest absolute Gasteiger partial charge is 0.397 e. The fourth-order valence-corrected chi connectivity index (χ4v) is 4.10. The molecule has 21 heavy (non-hydrogen) atoms. The SMILES string of the molecule is Cc1cc(Cl)c(N)cc1S(=O)(=O)NCCCN1CCCC1. The van der Waals surface area contributed by atoms with E-state index < -0.39 is 10.0 Å². The molecule has 0 saturated carbocycles. The first-order chi connectivity index (χ1) is 9.90. The molecule has 1 aromatic carbocycles. The Morgan fingerprint density at radius 3 is 2.67 bits per heavy atom. The molecule has 0 bridgehead atoms. The number of rotatable bonds is 6. The number of likely N-dealkylation sites (tertiary alicyclic amines) is 1. The third kappa shape index (κ3) is 4.32. The highest BCUT2D eigenvalue weighted by Crippen LogP contribution is 2.26. The Balaban J connectivity index is 1.93. The maximum Gasteiger partial charge on any atom is 0.240 e. The predicted octanol–water partition coefficient (Wildman–Crippen LogP) is 1.99. The maximum absolute atomic E-state index is 12.3. The van der Waals surface area contributed by atoms with Gasteiger partial charge in [0.15, 0.2) is 0 Å². The van der Waals surface area contributed by atoms with Crippen LogP contribution in [0, 0.1) is 6.92 Å². The van der Waals surface area contributed by atoms with Crippen LogP contribution in [0.1, 0.15) is 24.8 Å². The average molecular weight is 332 g/mol. The van der Waals surface area contributed by atoms with Crippen LogP contribution in [0.5, 0.6) is 0 Å². The van der Waals surface area contributed by atoms with E-state index >= 15 is 0 Å². The summed E-state index contributed by atoms with van der Waals surface area (Å²) in [5, 5.41) is 0.375. The van der Waals surface area contributed by atoms with Gasteiger partial charge in [-0.2, -0.15) is 0 Å². The lowest BCUT2D eigenvalue weighted by Crippen LogP contribution is -2.29. The second kappa shape index (κ2) is 6.96. The molecule has 2 rings (SSSR count). The standard InChI is InChI=1S/C14H22ClN3O2S/c1-11-9-12(15)13(16)10-14(11)21(19,20)17-5-4-8-18-6-2-3-7-18/h9-10,17H,2-8,16H2,1H3. The van der Waals surface area contributed by atoms with Crippen LogP contribution in [-0.4, -0.2) is 39.5 Å². The van der Waals surface area contributed by atoms with Crippen LogP contribution in [0.15, 0.2) is 17.0 Å². The summed E-state index contributed by atoms with van der Waals surface area (Å²) >= 11 is 5.89. The molecule has 0 spiro atoms. The minimum atomic E-state index is -3.53. The number of nitrogens with two attached hydrogens (primary N) is 1. The van der Waals surface area contributed by atoms with Gasteiger partial charge >= 0.3 is 0 Å². The summed E-state index contributed by atoms with van der Waals surface area (Å²) in [6, 6.07) is 3.00. The Labute approximate surface area is 131 Å². The molecule has 118 valence electrons. The normalized spacial score (nSPS) is 16.5. The molecule has 0 amide bonds. The quantitative estimate of drug-likeness (QED) is 0.617. The number of anilines is 1. The average Bonchev–Trinajstić information content (AvgIpc) is 2.92. The second-order valence-corrected chi connectivity index (χ2v) is 7.58. The minimum Gasteiger partial charge on any atom is -0.397 e. The van der Waals surface area contributed by atoms with Crippen molar-refractivity contribution in [1.29, 1.82) is 0 Å².